The van der Waals surface area contributed by atoms with Gasteiger partial charge in [-0.2, -0.15) is 0 Å². The van der Waals surface area contributed by atoms with Crippen LogP contribution in [0.4, 0.5) is 22.0 Å². The largest absolute Gasteiger partial charge is 0.379 e. The van der Waals surface area contributed by atoms with Crippen LogP contribution in [0, 0.1) is 35.0 Å². The van der Waals surface area contributed by atoms with E-state index in [0.717, 1.165) is 19.3 Å². The maximum Gasteiger partial charge on any atom is 0.200 e. The lowest BCUT2D eigenvalue weighted by atomic mass is 9.82. The summed E-state index contributed by atoms with van der Waals surface area (Å²) < 4.78 is 73.1. The van der Waals surface area contributed by atoms with Gasteiger partial charge in [0.15, 0.2) is 23.3 Å². The van der Waals surface area contributed by atoms with Gasteiger partial charge in [0.05, 0.1) is 5.60 Å². The molecule has 0 N–H and O–H groups in total. The van der Waals surface area contributed by atoms with Gasteiger partial charge in [0.2, 0.25) is 5.82 Å². The molecule has 1 aromatic rings. The first kappa shape index (κ1) is 24.9. The fourth-order valence-corrected chi connectivity index (χ4v) is 3.57. The molecule has 1 rings (SSSR count). The summed E-state index contributed by atoms with van der Waals surface area (Å²) in [5, 5.41) is 0. The molecule has 0 aromatic heterocycles. The highest BCUT2D eigenvalue weighted by Gasteiger charge is 2.29. The number of halogens is 5. The molecule has 0 amide bonds. The highest BCUT2D eigenvalue weighted by atomic mass is 19.2. The van der Waals surface area contributed by atoms with Gasteiger partial charge in [-0.05, 0) is 45.4 Å². The zero-order chi connectivity index (χ0) is 21.3. The van der Waals surface area contributed by atoms with Gasteiger partial charge in [-0.15, -0.1) is 0 Å². The monoisotopic (exact) mass is 408 g/mol. The fourth-order valence-electron chi connectivity index (χ4n) is 3.57. The standard InChI is InChI=1S/C22H33F5O/c1-5-6-7-8-9-10-12-15(22(2,3)28-4)13-11-14-16-17(23)19(25)21(27)20(26)18(16)24/h15H,5-14H2,1-4H3. The third-order valence-corrected chi connectivity index (χ3v) is 5.70. The van der Waals surface area contributed by atoms with Crippen LogP contribution in [-0.4, -0.2) is 12.7 Å². The Balaban J connectivity index is 2.69. The fraction of sp³-hybridized carbons (Fsp3) is 0.727. The molecule has 1 nitrogen and oxygen atoms in total. The molecular formula is C22H33F5O. The molecule has 0 aliphatic heterocycles. The molecule has 0 saturated carbocycles. The van der Waals surface area contributed by atoms with Crippen molar-refractivity contribution in [1.82, 2.24) is 0 Å². The highest BCUT2D eigenvalue weighted by molar-refractivity contribution is 5.24. The van der Waals surface area contributed by atoms with E-state index in [4.69, 9.17) is 4.74 Å². The molecule has 0 aliphatic rings. The Morgan fingerprint density at radius 3 is 1.71 bits per heavy atom. The number of unbranched alkanes of at least 4 members (excludes halogenated alkanes) is 5. The van der Waals surface area contributed by atoms with E-state index < -0.39 is 40.3 Å². The molecule has 0 spiro atoms. The molecule has 1 unspecified atom stereocenters. The number of rotatable bonds is 13. The van der Waals surface area contributed by atoms with Crippen molar-refractivity contribution in [2.75, 3.05) is 7.11 Å². The summed E-state index contributed by atoms with van der Waals surface area (Å²) in [5.41, 5.74) is -1.15. The predicted molar refractivity (Wildman–Crippen MR) is 102 cm³/mol. The van der Waals surface area contributed by atoms with Gasteiger partial charge in [0.25, 0.3) is 0 Å². The van der Waals surface area contributed by atoms with Gasteiger partial charge < -0.3 is 4.74 Å². The van der Waals surface area contributed by atoms with Crippen molar-refractivity contribution in [3.63, 3.8) is 0 Å². The first-order chi connectivity index (χ1) is 13.2. The summed E-state index contributed by atoms with van der Waals surface area (Å²) in [5.74, 6) is -9.18. The van der Waals surface area contributed by atoms with Crippen molar-refractivity contribution in [2.24, 2.45) is 5.92 Å². The SMILES string of the molecule is CCCCCCCCC(CCCc1c(F)c(F)c(F)c(F)c1F)C(C)(C)OC. The van der Waals surface area contributed by atoms with E-state index in [1.54, 1.807) is 7.11 Å². The van der Waals surface area contributed by atoms with Gasteiger partial charge in [0.1, 0.15) is 0 Å². The number of benzene rings is 1. The third kappa shape index (κ3) is 6.71. The summed E-state index contributed by atoms with van der Waals surface area (Å²) in [6.07, 6.45) is 8.60. The Morgan fingerprint density at radius 1 is 0.714 bits per heavy atom. The molecule has 0 saturated heterocycles. The molecule has 162 valence electrons. The van der Waals surface area contributed by atoms with Crippen molar-refractivity contribution >= 4 is 0 Å². The van der Waals surface area contributed by atoms with E-state index in [2.05, 4.69) is 6.92 Å². The summed E-state index contributed by atoms with van der Waals surface area (Å²) in [6.45, 7) is 6.10. The van der Waals surface area contributed by atoms with E-state index in [9.17, 15) is 22.0 Å². The molecule has 0 bridgehead atoms. The lowest BCUT2D eigenvalue weighted by Crippen LogP contribution is -2.33. The minimum absolute atomic E-state index is 0.143. The predicted octanol–water partition coefficient (Wildman–Crippen LogP) is 7.50. The van der Waals surface area contributed by atoms with Gasteiger partial charge in [-0.1, -0.05) is 45.4 Å². The third-order valence-electron chi connectivity index (χ3n) is 5.70. The Morgan fingerprint density at radius 2 is 1.18 bits per heavy atom. The summed E-state index contributed by atoms with van der Waals surface area (Å²) in [7, 11) is 1.62. The van der Waals surface area contributed by atoms with Gasteiger partial charge in [-0.25, -0.2) is 22.0 Å². The van der Waals surface area contributed by atoms with Crippen LogP contribution in [0.5, 0.6) is 0 Å². The number of hydrogen-bond donors (Lipinski definition) is 0. The van der Waals surface area contributed by atoms with Crippen molar-refractivity contribution in [3.05, 3.63) is 34.6 Å². The molecule has 0 radical (unpaired) electrons. The van der Waals surface area contributed by atoms with E-state index >= 15 is 0 Å². The van der Waals surface area contributed by atoms with Crippen LogP contribution in [0.25, 0.3) is 0 Å². The first-order valence-electron chi connectivity index (χ1n) is 10.2. The minimum Gasteiger partial charge on any atom is -0.379 e. The van der Waals surface area contributed by atoms with Crippen LogP contribution in [-0.2, 0) is 11.2 Å². The maximum absolute atomic E-state index is 13.8. The van der Waals surface area contributed by atoms with E-state index in [-0.39, 0.29) is 12.3 Å². The molecule has 1 atom stereocenters. The summed E-state index contributed by atoms with van der Waals surface area (Å²) >= 11 is 0. The maximum atomic E-state index is 13.8. The van der Waals surface area contributed by atoms with E-state index in [1.165, 1.54) is 25.7 Å². The van der Waals surface area contributed by atoms with Crippen LogP contribution in [0.1, 0.15) is 84.1 Å². The van der Waals surface area contributed by atoms with Gasteiger partial charge in [-0.3, -0.25) is 0 Å². The molecule has 0 aliphatic carbocycles. The second-order valence-electron chi connectivity index (χ2n) is 8.00. The molecule has 28 heavy (non-hydrogen) atoms. The summed E-state index contributed by atoms with van der Waals surface area (Å²) in [4.78, 5) is 0. The Labute approximate surface area is 165 Å². The van der Waals surface area contributed by atoms with Crippen molar-refractivity contribution < 1.29 is 26.7 Å². The van der Waals surface area contributed by atoms with Crippen LogP contribution in [0.2, 0.25) is 0 Å². The molecule has 0 fully saturated rings. The second-order valence-corrected chi connectivity index (χ2v) is 8.00. The number of hydrogen-bond acceptors (Lipinski definition) is 1. The average molecular weight is 408 g/mol. The molecule has 6 heteroatoms. The normalized spacial score (nSPS) is 13.2. The molecule has 0 heterocycles. The van der Waals surface area contributed by atoms with Crippen molar-refractivity contribution in [3.8, 4) is 0 Å². The van der Waals surface area contributed by atoms with Crippen LogP contribution in [0.3, 0.4) is 0 Å². The quantitative estimate of drug-likeness (QED) is 0.142. The minimum atomic E-state index is -2.11. The number of ether oxygens (including phenoxy) is 1. The zero-order valence-corrected chi connectivity index (χ0v) is 17.4. The smallest absolute Gasteiger partial charge is 0.200 e. The van der Waals surface area contributed by atoms with Crippen LogP contribution in [0.15, 0.2) is 0 Å². The van der Waals surface area contributed by atoms with E-state index in [0.29, 0.717) is 12.8 Å². The Bertz CT molecular complexity index is 586. The Kier molecular flexibility index (Phi) is 10.4. The molecule has 1 aromatic carbocycles. The van der Waals surface area contributed by atoms with E-state index in [1.807, 2.05) is 13.8 Å². The lowest BCUT2D eigenvalue weighted by molar-refractivity contribution is -0.0350. The van der Waals surface area contributed by atoms with Crippen LogP contribution >= 0.6 is 0 Å². The van der Waals surface area contributed by atoms with Crippen molar-refractivity contribution in [1.29, 1.82) is 0 Å². The van der Waals surface area contributed by atoms with Crippen LogP contribution < -0.4 is 0 Å². The average Bonchev–Trinajstić information content (AvgIpc) is 2.68. The van der Waals surface area contributed by atoms with Crippen molar-refractivity contribution in [2.45, 2.75) is 90.6 Å². The second kappa shape index (κ2) is 11.7. The number of methoxy groups -OCH3 is 1. The van der Waals surface area contributed by atoms with Gasteiger partial charge in [0, 0.05) is 12.7 Å². The Hall–Kier alpha value is -1.17. The molecular weight excluding hydrogens is 375 g/mol. The zero-order valence-electron chi connectivity index (χ0n) is 17.4. The summed E-state index contributed by atoms with van der Waals surface area (Å²) in [6, 6.07) is 0. The topological polar surface area (TPSA) is 9.23 Å². The highest BCUT2D eigenvalue weighted by Crippen LogP contribution is 2.32. The first-order valence-corrected chi connectivity index (χ1v) is 10.2. The lowest BCUT2D eigenvalue weighted by Gasteiger charge is -2.33. The van der Waals surface area contributed by atoms with Gasteiger partial charge >= 0.3 is 0 Å².